The average Bonchev–Trinajstić information content (AvgIpc) is 3.01. The van der Waals surface area contributed by atoms with Crippen LogP contribution in [-0.4, -0.2) is 46.4 Å². The summed E-state index contributed by atoms with van der Waals surface area (Å²) in [5.74, 6) is -1.84. The molecule has 0 aliphatic carbocycles. The number of halogens is 1. The number of carboxylic acids is 1. The first kappa shape index (κ1) is 18.4. The van der Waals surface area contributed by atoms with E-state index in [1.165, 1.54) is 4.90 Å². The van der Waals surface area contributed by atoms with Crippen molar-refractivity contribution >= 4 is 33.7 Å². The predicted molar refractivity (Wildman–Crippen MR) is 92.6 cm³/mol. The molecule has 2 N–H and O–H groups in total. The maximum absolute atomic E-state index is 12.8. The van der Waals surface area contributed by atoms with Crippen molar-refractivity contribution in [2.24, 2.45) is 5.92 Å². The summed E-state index contributed by atoms with van der Waals surface area (Å²) in [6.45, 7) is 4.07. The molecule has 1 fully saturated rings. The van der Waals surface area contributed by atoms with Crippen LogP contribution in [0.15, 0.2) is 28.7 Å². The Bertz CT molecular complexity index is 647. The molecule has 1 aliphatic rings. The third-order valence-electron chi connectivity index (χ3n) is 4.13. The summed E-state index contributed by atoms with van der Waals surface area (Å²) >= 11 is 3.31. The number of benzene rings is 1. The molecule has 0 bridgehead atoms. The lowest BCUT2D eigenvalue weighted by Gasteiger charge is -2.29. The van der Waals surface area contributed by atoms with Crippen molar-refractivity contribution in [1.82, 2.24) is 10.2 Å². The lowest BCUT2D eigenvalue weighted by atomic mass is 10.0. The van der Waals surface area contributed by atoms with E-state index in [4.69, 9.17) is 0 Å². The van der Waals surface area contributed by atoms with E-state index >= 15 is 0 Å². The Hall–Kier alpha value is -1.89. The van der Waals surface area contributed by atoms with Crippen molar-refractivity contribution < 1.29 is 19.5 Å². The van der Waals surface area contributed by atoms with Crippen LogP contribution in [0.5, 0.6) is 0 Å². The average molecular weight is 397 g/mol. The van der Waals surface area contributed by atoms with Gasteiger partial charge in [0.2, 0.25) is 5.91 Å². The minimum Gasteiger partial charge on any atom is -0.480 e. The first-order valence-corrected chi connectivity index (χ1v) is 8.70. The van der Waals surface area contributed by atoms with Crippen LogP contribution in [0.25, 0.3) is 0 Å². The highest BCUT2D eigenvalue weighted by Gasteiger charge is 2.38. The second-order valence-corrected chi connectivity index (χ2v) is 7.15. The number of carboxylic acid groups (broad SMARTS) is 1. The minimum atomic E-state index is -0.998. The molecule has 1 aromatic rings. The molecule has 0 saturated carbocycles. The fourth-order valence-electron chi connectivity index (χ4n) is 2.83. The quantitative estimate of drug-likeness (QED) is 0.798. The van der Waals surface area contributed by atoms with Gasteiger partial charge in [-0.15, -0.1) is 0 Å². The van der Waals surface area contributed by atoms with E-state index in [2.05, 4.69) is 21.2 Å². The van der Waals surface area contributed by atoms with Crippen molar-refractivity contribution in [3.05, 3.63) is 34.3 Å². The standard InChI is InChI=1S/C17H21BrN2O4/c1-10(2)14(16(22)20-8-4-7-13(20)17(23)24)19-15(21)11-5-3-6-12(18)9-11/h3,5-6,9-10,13-14H,4,7-8H2,1-2H3,(H,19,21)(H,23,24)/t13-,14?/m0/s1. The smallest absolute Gasteiger partial charge is 0.326 e. The number of hydrogen-bond acceptors (Lipinski definition) is 3. The zero-order valence-electron chi connectivity index (χ0n) is 13.7. The van der Waals surface area contributed by atoms with Gasteiger partial charge in [-0.05, 0) is 37.0 Å². The van der Waals surface area contributed by atoms with Gasteiger partial charge in [0.25, 0.3) is 5.91 Å². The molecule has 2 rings (SSSR count). The second-order valence-electron chi connectivity index (χ2n) is 6.23. The normalized spacial score (nSPS) is 18.5. The van der Waals surface area contributed by atoms with E-state index in [-0.39, 0.29) is 17.7 Å². The molecule has 7 heteroatoms. The number of carbonyl (C=O) groups is 3. The van der Waals surface area contributed by atoms with Gasteiger partial charge < -0.3 is 15.3 Å². The SMILES string of the molecule is CC(C)C(NC(=O)c1cccc(Br)c1)C(=O)N1CCC[C@H]1C(=O)O. The Balaban J connectivity index is 2.15. The van der Waals surface area contributed by atoms with Crippen LogP contribution in [0.3, 0.4) is 0 Å². The van der Waals surface area contributed by atoms with E-state index < -0.39 is 18.1 Å². The molecular weight excluding hydrogens is 376 g/mol. The van der Waals surface area contributed by atoms with Crippen molar-refractivity contribution in [3.8, 4) is 0 Å². The fraction of sp³-hybridized carbons (Fsp3) is 0.471. The summed E-state index contributed by atoms with van der Waals surface area (Å²) in [5.41, 5.74) is 0.444. The molecule has 1 heterocycles. The Morgan fingerprint density at radius 1 is 1.33 bits per heavy atom. The zero-order chi connectivity index (χ0) is 17.9. The van der Waals surface area contributed by atoms with Crippen molar-refractivity contribution in [3.63, 3.8) is 0 Å². The van der Waals surface area contributed by atoms with Crippen LogP contribution in [0.2, 0.25) is 0 Å². The van der Waals surface area contributed by atoms with Gasteiger partial charge in [0, 0.05) is 16.6 Å². The molecule has 6 nitrogen and oxygen atoms in total. The van der Waals surface area contributed by atoms with Gasteiger partial charge in [-0.1, -0.05) is 35.8 Å². The second kappa shape index (κ2) is 7.79. The molecule has 1 unspecified atom stereocenters. The summed E-state index contributed by atoms with van der Waals surface area (Å²) < 4.78 is 0.771. The summed E-state index contributed by atoms with van der Waals surface area (Å²) in [5, 5.41) is 12.0. The molecule has 2 atom stereocenters. The molecule has 1 aliphatic heterocycles. The molecular formula is C17H21BrN2O4. The summed E-state index contributed by atoms with van der Waals surface area (Å²) in [6, 6.07) is 5.33. The van der Waals surface area contributed by atoms with Crippen molar-refractivity contribution in [1.29, 1.82) is 0 Å². The van der Waals surface area contributed by atoms with E-state index in [9.17, 15) is 19.5 Å². The van der Waals surface area contributed by atoms with E-state index in [0.29, 0.717) is 24.9 Å². The highest BCUT2D eigenvalue weighted by atomic mass is 79.9. The van der Waals surface area contributed by atoms with Crippen LogP contribution in [0.1, 0.15) is 37.0 Å². The third kappa shape index (κ3) is 4.14. The van der Waals surface area contributed by atoms with Gasteiger partial charge >= 0.3 is 5.97 Å². The third-order valence-corrected chi connectivity index (χ3v) is 4.62. The fourth-order valence-corrected chi connectivity index (χ4v) is 3.23. The van der Waals surface area contributed by atoms with E-state index in [1.54, 1.807) is 18.2 Å². The van der Waals surface area contributed by atoms with Crippen LogP contribution < -0.4 is 5.32 Å². The number of nitrogens with one attached hydrogen (secondary N) is 1. The number of carbonyl (C=O) groups excluding carboxylic acids is 2. The van der Waals surface area contributed by atoms with Gasteiger partial charge in [0.05, 0.1) is 0 Å². The number of amides is 2. The zero-order valence-corrected chi connectivity index (χ0v) is 15.2. The van der Waals surface area contributed by atoms with Gasteiger partial charge in [-0.3, -0.25) is 9.59 Å². The summed E-state index contributed by atoms with van der Waals surface area (Å²) in [4.78, 5) is 37.9. The first-order valence-electron chi connectivity index (χ1n) is 7.91. The number of aliphatic carboxylic acids is 1. The number of nitrogens with zero attached hydrogens (tertiary/aromatic N) is 1. The van der Waals surface area contributed by atoms with Crippen LogP contribution in [0, 0.1) is 5.92 Å². The first-order chi connectivity index (χ1) is 11.3. The molecule has 130 valence electrons. The monoisotopic (exact) mass is 396 g/mol. The Morgan fingerprint density at radius 3 is 2.62 bits per heavy atom. The van der Waals surface area contributed by atoms with Crippen LogP contribution >= 0.6 is 15.9 Å². The molecule has 2 amide bonds. The Kier molecular flexibility index (Phi) is 5.99. The minimum absolute atomic E-state index is 0.149. The summed E-state index contributed by atoms with van der Waals surface area (Å²) in [6.07, 6.45) is 1.11. The molecule has 24 heavy (non-hydrogen) atoms. The molecule has 0 radical (unpaired) electrons. The Labute approximate surface area is 149 Å². The van der Waals surface area contributed by atoms with Crippen LogP contribution in [0.4, 0.5) is 0 Å². The van der Waals surface area contributed by atoms with Crippen molar-refractivity contribution in [2.75, 3.05) is 6.54 Å². The predicted octanol–water partition coefficient (Wildman–Crippen LogP) is 2.28. The van der Waals surface area contributed by atoms with E-state index in [1.807, 2.05) is 19.9 Å². The van der Waals surface area contributed by atoms with Gasteiger partial charge in [0.1, 0.15) is 12.1 Å². The van der Waals surface area contributed by atoms with Gasteiger partial charge in [-0.2, -0.15) is 0 Å². The molecule has 0 spiro atoms. The van der Waals surface area contributed by atoms with Crippen LogP contribution in [-0.2, 0) is 9.59 Å². The number of rotatable bonds is 5. The lowest BCUT2D eigenvalue weighted by Crippen LogP contribution is -2.53. The van der Waals surface area contributed by atoms with E-state index in [0.717, 1.165) is 4.47 Å². The Morgan fingerprint density at radius 2 is 2.04 bits per heavy atom. The lowest BCUT2D eigenvalue weighted by molar-refractivity contribution is -0.149. The van der Waals surface area contributed by atoms with Crippen molar-refractivity contribution in [2.45, 2.75) is 38.8 Å². The molecule has 1 saturated heterocycles. The highest BCUT2D eigenvalue weighted by Crippen LogP contribution is 2.21. The van der Waals surface area contributed by atoms with Gasteiger partial charge in [-0.25, -0.2) is 4.79 Å². The topological polar surface area (TPSA) is 86.7 Å². The molecule has 0 aromatic heterocycles. The van der Waals surface area contributed by atoms with Gasteiger partial charge in [0.15, 0.2) is 0 Å². The highest BCUT2D eigenvalue weighted by molar-refractivity contribution is 9.10. The summed E-state index contributed by atoms with van der Waals surface area (Å²) in [7, 11) is 0. The molecule has 1 aromatic carbocycles. The maximum Gasteiger partial charge on any atom is 0.326 e. The number of likely N-dealkylation sites (tertiary alicyclic amines) is 1. The number of hydrogen-bond donors (Lipinski definition) is 2. The largest absolute Gasteiger partial charge is 0.480 e. The maximum atomic E-state index is 12.8.